The highest BCUT2D eigenvalue weighted by Gasteiger charge is 2.21. The molecule has 0 unspecified atom stereocenters. The maximum Gasteiger partial charge on any atom is 0.223 e. The van der Waals surface area contributed by atoms with E-state index >= 15 is 0 Å². The van der Waals surface area contributed by atoms with Crippen molar-refractivity contribution in [2.24, 2.45) is 5.92 Å². The zero-order chi connectivity index (χ0) is 14.5. The van der Waals surface area contributed by atoms with Crippen LogP contribution in [0.4, 0.5) is 0 Å². The largest absolute Gasteiger partial charge is 0.356 e. The quantitative estimate of drug-likeness (QED) is 0.489. The first-order chi connectivity index (χ1) is 9.84. The van der Waals surface area contributed by atoms with Crippen LogP contribution < -0.4 is 5.32 Å². The van der Waals surface area contributed by atoms with Crippen molar-refractivity contribution in [3.8, 4) is 0 Å². The second-order valence-corrected chi connectivity index (χ2v) is 6.45. The summed E-state index contributed by atoms with van der Waals surface area (Å²) >= 11 is 0. The molecular formula is C18H35NO. The first-order valence-electron chi connectivity index (χ1n) is 9.12. The summed E-state index contributed by atoms with van der Waals surface area (Å²) in [6.07, 6.45) is 18.3. The van der Waals surface area contributed by atoms with Crippen molar-refractivity contribution in [3.05, 3.63) is 0 Å². The van der Waals surface area contributed by atoms with Crippen LogP contribution in [0.1, 0.15) is 96.8 Å². The third-order valence-corrected chi connectivity index (χ3v) is 4.56. The number of nitrogens with one attached hydrogen (secondary N) is 1. The molecule has 0 aromatic carbocycles. The van der Waals surface area contributed by atoms with Crippen LogP contribution in [-0.2, 0) is 4.79 Å². The van der Waals surface area contributed by atoms with Crippen LogP contribution in [0.5, 0.6) is 0 Å². The Hall–Kier alpha value is -0.530. The van der Waals surface area contributed by atoms with Gasteiger partial charge in [-0.2, -0.15) is 0 Å². The molecule has 0 radical (unpaired) electrons. The molecule has 1 N–H and O–H groups in total. The summed E-state index contributed by atoms with van der Waals surface area (Å²) in [6.45, 7) is 3.16. The predicted octanol–water partition coefficient (Wildman–Crippen LogP) is 5.21. The Labute approximate surface area is 126 Å². The highest BCUT2D eigenvalue weighted by atomic mass is 16.1. The van der Waals surface area contributed by atoms with Gasteiger partial charge in [0.2, 0.25) is 5.91 Å². The van der Waals surface area contributed by atoms with E-state index in [1.165, 1.54) is 70.6 Å². The molecule has 1 fully saturated rings. The van der Waals surface area contributed by atoms with Gasteiger partial charge in [0.25, 0.3) is 0 Å². The molecule has 1 rings (SSSR count). The summed E-state index contributed by atoms with van der Waals surface area (Å²) in [5, 5.41) is 3.11. The first kappa shape index (κ1) is 17.5. The molecular weight excluding hydrogens is 246 g/mol. The summed E-state index contributed by atoms with van der Waals surface area (Å²) in [5.41, 5.74) is 0. The van der Waals surface area contributed by atoms with Crippen LogP contribution in [0.2, 0.25) is 0 Å². The van der Waals surface area contributed by atoms with Crippen molar-refractivity contribution >= 4 is 5.91 Å². The third-order valence-electron chi connectivity index (χ3n) is 4.56. The Morgan fingerprint density at radius 2 is 1.35 bits per heavy atom. The van der Waals surface area contributed by atoms with Gasteiger partial charge in [-0.25, -0.2) is 0 Å². The Bertz CT molecular complexity index is 234. The number of rotatable bonds is 12. The molecule has 2 nitrogen and oxygen atoms in total. The number of carbonyl (C=O) groups excluding carboxylic acids is 1. The lowest BCUT2D eigenvalue weighted by Gasteiger charge is -2.10. The fraction of sp³-hybridized carbons (Fsp3) is 0.944. The highest BCUT2D eigenvalue weighted by Crippen LogP contribution is 2.24. The molecule has 2 heteroatoms. The van der Waals surface area contributed by atoms with Crippen LogP contribution in [0.25, 0.3) is 0 Å². The van der Waals surface area contributed by atoms with Gasteiger partial charge in [-0.3, -0.25) is 4.79 Å². The Morgan fingerprint density at radius 1 is 0.850 bits per heavy atom. The second kappa shape index (κ2) is 12.2. The summed E-state index contributed by atoms with van der Waals surface area (Å²) in [7, 11) is 0. The zero-order valence-electron chi connectivity index (χ0n) is 13.6. The van der Waals surface area contributed by atoms with Crippen LogP contribution in [0, 0.1) is 5.92 Å². The summed E-state index contributed by atoms with van der Waals surface area (Å²) < 4.78 is 0. The lowest BCUT2D eigenvalue weighted by atomic mass is 10.1. The number of carbonyl (C=O) groups is 1. The molecule has 0 heterocycles. The average molecular weight is 281 g/mol. The Kier molecular flexibility index (Phi) is 10.7. The van der Waals surface area contributed by atoms with Gasteiger partial charge in [-0.05, 0) is 19.3 Å². The second-order valence-electron chi connectivity index (χ2n) is 6.45. The topological polar surface area (TPSA) is 29.1 Å². The van der Waals surface area contributed by atoms with E-state index in [2.05, 4.69) is 12.2 Å². The van der Waals surface area contributed by atoms with Gasteiger partial charge in [0.1, 0.15) is 0 Å². The molecule has 0 aliphatic heterocycles. The lowest BCUT2D eigenvalue weighted by Crippen LogP contribution is -2.30. The fourth-order valence-electron chi connectivity index (χ4n) is 3.16. The van der Waals surface area contributed by atoms with Gasteiger partial charge < -0.3 is 5.32 Å². The minimum Gasteiger partial charge on any atom is -0.356 e. The van der Waals surface area contributed by atoms with Gasteiger partial charge in [0.15, 0.2) is 0 Å². The van der Waals surface area contributed by atoms with Crippen LogP contribution >= 0.6 is 0 Å². The average Bonchev–Trinajstić information content (AvgIpc) is 2.99. The van der Waals surface area contributed by atoms with E-state index in [-0.39, 0.29) is 0 Å². The third kappa shape index (κ3) is 8.60. The van der Waals surface area contributed by atoms with Crippen LogP contribution in [0.15, 0.2) is 0 Å². The minimum absolute atomic E-state index is 0.318. The Morgan fingerprint density at radius 3 is 1.90 bits per heavy atom. The smallest absolute Gasteiger partial charge is 0.223 e. The standard InChI is InChI=1S/C18H35NO/c1-2-3-4-5-6-7-8-9-10-13-16-19-18(20)17-14-11-12-15-17/h17H,2-16H2,1H3,(H,19,20). The monoisotopic (exact) mass is 281 g/mol. The Balaban J connectivity index is 1.77. The summed E-state index contributed by atoms with van der Waals surface area (Å²) in [6, 6.07) is 0. The van der Waals surface area contributed by atoms with E-state index < -0.39 is 0 Å². The fourth-order valence-corrected chi connectivity index (χ4v) is 3.16. The van der Waals surface area contributed by atoms with E-state index in [4.69, 9.17) is 0 Å². The van der Waals surface area contributed by atoms with E-state index in [1.807, 2.05) is 0 Å². The molecule has 0 aromatic heterocycles. The van der Waals surface area contributed by atoms with Crippen molar-refractivity contribution in [2.45, 2.75) is 96.8 Å². The number of hydrogen-bond acceptors (Lipinski definition) is 1. The van der Waals surface area contributed by atoms with Crippen LogP contribution in [0.3, 0.4) is 0 Å². The molecule has 1 amide bonds. The van der Waals surface area contributed by atoms with E-state index in [1.54, 1.807) is 0 Å². The number of amides is 1. The molecule has 0 aromatic rings. The molecule has 0 bridgehead atoms. The minimum atomic E-state index is 0.318. The van der Waals surface area contributed by atoms with Gasteiger partial charge in [-0.15, -0.1) is 0 Å². The number of unbranched alkanes of at least 4 members (excludes halogenated alkanes) is 9. The van der Waals surface area contributed by atoms with Crippen molar-refractivity contribution in [1.29, 1.82) is 0 Å². The van der Waals surface area contributed by atoms with Crippen molar-refractivity contribution in [2.75, 3.05) is 6.54 Å². The molecule has 20 heavy (non-hydrogen) atoms. The first-order valence-corrected chi connectivity index (χ1v) is 9.12. The van der Waals surface area contributed by atoms with Gasteiger partial charge in [-0.1, -0.05) is 77.6 Å². The van der Waals surface area contributed by atoms with E-state index in [9.17, 15) is 4.79 Å². The summed E-state index contributed by atoms with van der Waals surface area (Å²) in [5.74, 6) is 0.650. The zero-order valence-corrected chi connectivity index (χ0v) is 13.6. The molecule has 1 aliphatic rings. The van der Waals surface area contributed by atoms with Gasteiger partial charge in [0.05, 0.1) is 0 Å². The van der Waals surface area contributed by atoms with E-state index in [0.29, 0.717) is 11.8 Å². The van der Waals surface area contributed by atoms with Crippen molar-refractivity contribution < 1.29 is 4.79 Å². The van der Waals surface area contributed by atoms with Crippen molar-refractivity contribution in [3.63, 3.8) is 0 Å². The molecule has 1 saturated carbocycles. The van der Waals surface area contributed by atoms with Crippen LogP contribution in [-0.4, -0.2) is 12.5 Å². The molecule has 0 atom stereocenters. The van der Waals surface area contributed by atoms with E-state index in [0.717, 1.165) is 25.8 Å². The number of hydrogen-bond donors (Lipinski definition) is 1. The van der Waals surface area contributed by atoms with Crippen molar-refractivity contribution in [1.82, 2.24) is 5.32 Å². The SMILES string of the molecule is CCCCCCCCCCCCNC(=O)C1CCCC1. The van der Waals surface area contributed by atoms with Gasteiger partial charge >= 0.3 is 0 Å². The molecule has 0 spiro atoms. The molecule has 0 saturated heterocycles. The predicted molar refractivity (Wildman–Crippen MR) is 86.8 cm³/mol. The molecule has 1 aliphatic carbocycles. The maximum absolute atomic E-state index is 11.8. The van der Waals surface area contributed by atoms with Gasteiger partial charge in [0, 0.05) is 12.5 Å². The summed E-state index contributed by atoms with van der Waals surface area (Å²) in [4.78, 5) is 11.8. The normalized spacial score (nSPS) is 15.7. The highest BCUT2D eigenvalue weighted by molar-refractivity contribution is 5.78. The molecule has 118 valence electrons. The maximum atomic E-state index is 11.8. The lowest BCUT2D eigenvalue weighted by molar-refractivity contribution is -0.124.